The first-order valence-electron chi connectivity index (χ1n) is 9.28. The third-order valence-electron chi connectivity index (χ3n) is 5.68. The minimum Gasteiger partial charge on any atom is -0.334 e. The summed E-state index contributed by atoms with van der Waals surface area (Å²) in [6.07, 6.45) is 3.63. The van der Waals surface area contributed by atoms with Gasteiger partial charge >= 0.3 is 0 Å². The summed E-state index contributed by atoms with van der Waals surface area (Å²) in [7, 11) is 1.87. The predicted molar refractivity (Wildman–Crippen MR) is 98.6 cm³/mol. The van der Waals surface area contributed by atoms with E-state index in [2.05, 4.69) is 11.2 Å². The standard InChI is InChI=1S/C20H24N4O2/c1-3-23-18(25)9-8-15(19(23)17-10-12-21-22(17)2)20(26)24-13-11-14-6-4-5-7-16(14)24/h4-7,10,12,15,19H,3,8-9,11,13H2,1-2H3/t15-,19-/m0/s1. The zero-order valence-corrected chi connectivity index (χ0v) is 15.3. The molecule has 6 nitrogen and oxygen atoms in total. The molecule has 6 heteroatoms. The highest BCUT2D eigenvalue weighted by molar-refractivity contribution is 5.98. The average molecular weight is 352 g/mol. The lowest BCUT2D eigenvalue weighted by Gasteiger charge is -2.41. The van der Waals surface area contributed by atoms with E-state index in [1.807, 2.05) is 48.0 Å². The Kier molecular flexibility index (Phi) is 4.26. The molecule has 2 atom stereocenters. The number of aryl methyl sites for hydroxylation is 1. The number of benzene rings is 1. The van der Waals surface area contributed by atoms with Gasteiger partial charge in [-0.2, -0.15) is 5.10 Å². The number of hydrogen-bond donors (Lipinski definition) is 0. The molecule has 4 rings (SSSR count). The average Bonchev–Trinajstić information content (AvgIpc) is 3.27. The van der Waals surface area contributed by atoms with Gasteiger partial charge in [-0.1, -0.05) is 18.2 Å². The van der Waals surface area contributed by atoms with Crippen LogP contribution in [0.5, 0.6) is 0 Å². The Morgan fingerprint density at radius 3 is 2.77 bits per heavy atom. The summed E-state index contributed by atoms with van der Waals surface area (Å²) in [5.41, 5.74) is 3.16. The molecule has 0 aliphatic carbocycles. The van der Waals surface area contributed by atoms with Gasteiger partial charge in [-0.15, -0.1) is 0 Å². The van der Waals surface area contributed by atoms with Gasteiger partial charge in [-0.25, -0.2) is 0 Å². The van der Waals surface area contributed by atoms with Crippen molar-refractivity contribution in [2.24, 2.45) is 13.0 Å². The molecule has 2 aliphatic rings. The summed E-state index contributed by atoms with van der Waals surface area (Å²) < 4.78 is 1.78. The van der Waals surface area contributed by atoms with Crippen LogP contribution >= 0.6 is 0 Å². The lowest BCUT2D eigenvalue weighted by atomic mass is 9.85. The van der Waals surface area contributed by atoms with Crippen LogP contribution in [0, 0.1) is 5.92 Å². The van der Waals surface area contributed by atoms with Crippen LogP contribution in [0.2, 0.25) is 0 Å². The van der Waals surface area contributed by atoms with Gasteiger partial charge in [0.1, 0.15) is 0 Å². The highest BCUT2D eigenvalue weighted by atomic mass is 16.2. The van der Waals surface area contributed by atoms with Crippen molar-refractivity contribution in [2.45, 2.75) is 32.2 Å². The van der Waals surface area contributed by atoms with E-state index in [-0.39, 0.29) is 23.8 Å². The van der Waals surface area contributed by atoms with Crippen LogP contribution in [0.25, 0.3) is 0 Å². The Morgan fingerprint density at radius 2 is 2.04 bits per heavy atom. The minimum absolute atomic E-state index is 0.115. The van der Waals surface area contributed by atoms with E-state index >= 15 is 0 Å². The molecule has 1 aromatic carbocycles. The third-order valence-corrected chi connectivity index (χ3v) is 5.68. The Morgan fingerprint density at radius 1 is 1.23 bits per heavy atom. The Labute approximate surface area is 153 Å². The first-order valence-corrected chi connectivity index (χ1v) is 9.28. The minimum atomic E-state index is -0.256. The van der Waals surface area contributed by atoms with Crippen LogP contribution in [0.1, 0.15) is 37.1 Å². The number of carbonyl (C=O) groups is 2. The maximum absolute atomic E-state index is 13.5. The maximum atomic E-state index is 13.5. The van der Waals surface area contributed by atoms with Crippen molar-refractivity contribution in [1.29, 1.82) is 0 Å². The predicted octanol–water partition coefficient (Wildman–Crippen LogP) is 2.31. The monoisotopic (exact) mass is 352 g/mol. The summed E-state index contributed by atoms with van der Waals surface area (Å²) >= 11 is 0. The van der Waals surface area contributed by atoms with Crippen molar-refractivity contribution in [3.8, 4) is 0 Å². The zero-order valence-electron chi connectivity index (χ0n) is 15.3. The molecule has 0 unspecified atom stereocenters. The Balaban J connectivity index is 1.71. The van der Waals surface area contributed by atoms with E-state index in [1.54, 1.807) is 10.9 Å². The van der Waals surface area contributed by atoms with Crippen molar-refractivity contribution in [3.63, 3.8) is 0 Å². The first-order chi connectivity index (χ1) is 12.6. The van der Waals surface area contributed by atoms with Gasteiger partial charge in [0.25, 0.3) is 0 Å². The molecular weight excluding hydrogens is 328 g/mol. The van der Waals surface area contributed by atoms with Crippen LogP contribution in [0.3, 0.4) is 0 Å². The van der Waals surface area contributed by atoms with E-state index in [9.17, 15) is 9.59 Å². The highest BCUT2D eigenvalue weighted by Crippen LogP contribution is 2.39. The first kappa shape index (κ1) is 16.8. The normalized spacial score (nSPS) is 22.6. The molecule has 2 aliphatic heterocycles. The SMILES string of the molecule is CCN1C(=O)CC[C@H](C(=O)N2CCc3ccccc32)[C@H]1c1ccnn1C. The lowest BCUT2D eigenvalue weighted by Crippen LogP contribution is -2.49. The van der Waals surface area contributed by atoms with Gasteiger partial charge in [0.05, 0.1) is 17.7 Å². The molecule has 0 radical (unpaired) electrons. The van der Waals surface area contributed by atoms with Gasteiger partial charge in [0.2, 0.25) is 11.8 Å². The number of fused-ring (bicyclic) bond motifs is 1. The summed E-state index contributed by atoms with van der Waals surface area (Å²) in [6.45, 7) is 3.28. The smallest absolute Gasteiger partial charge is 0.232 e. The van der Waals surface area contributed by atoms with Crippen molar-refractivity contribution in [3.05, 3.63) is 47.8 Å². The molecule has 1 saturated heterocycles. The van der Waals surface area contributed by atoms with Crippen molar-refractivity contribution < 1.29 is 9.59 Å². The van der Waals surface area contributed by atoms with Crippen LogP contribution in [-0.2, 0) is 23.1 Å². The van der Waals surface area contributed by atoms with Gasteiger partial charge in [0, 0.05) is 38.4 Å². The number of rotatable bonds is 3. The van der Waals surface area contributed by atoms with Crippen molar-refractivity contribution in [2.75, 3.05) is 18.0 Å². The van der Waals surface area contributed by atoms with E-state index in [0.29, 0.717) is 25.9 Å². The number of para-hydroxylation sites is 1. The molecule has 0 saturated carbocycles. The fraction of sp³-hybridized carbons (Fsp3) is 0.450. The molecule has 0 spiro atoms. The largest absolute Gasteiger partial charge is 0.334 e. The number of hydrogen-bond acceptors (Lipinski definition) is 3. The number of amides is 2. The summed E-state index contributed by atoms with van der Waals surface area (Å²) in [5, 5.41) is 4.27. The second-order valence-electron chi connectivity index (χ2n) is 7.02. The zero-order chi connectivity index (χ0) is 18.3. The van der Waals surface area contributed by atoms with E-state index in [0.717, 1.165) is 17.8 Å². The van der Waals surface area contributed by atoms with Gasteiger partial charge in [-0.05, 0) is 37.5 Å². The molecule has 0 N–H and O–H groups in total. The molecule has 3 heterocycles. The number of aromatic nitrogens is 2. The molecule has 1 aromatic heterocycles. The van der Waals surface area contributed by atoms with Crippen LogP contribution in [0.15, 0.2) is 36.5 Å². The van der Waals surface area contributed by atoms with Gasteiger partial charge < -0.3 is 9.80 Å². The molecule has 136 valence electrons. The van der Waals surface area contributed by atoms with Crippen molar-refractivity contribution in [1.82, 2.24) is 14.7 Å². The van der Waals surface area contributed by atoms with Crippen LogP contribution < -0.4 is 4.90 Å². The van der Waals surface area contributed by atoms with E-state index in [4.69, 9.17) is 0 Å². The third kappa shape index (κ3) is 2.60. The van der Waals surface area contributed by atoms with Gasteiger partial charge in [0.15, 0.2) is 0 Å². The molecule has 26 heavy (non-hydrogen) atoms. The Bertz CT molecular complexity index is 844. The number of carbonyl (C=O) groups excluding carboxylic acids is 2. The maximum Gasteiger partial charge on any atom is 0.232 e. The summed E-state index contributed by atoms with van der Waals surface area (Å²) in [5.74, 6) is -0.00845. The molecule has 0 bridgehead atoms. The summed E-state index contributed by atoms with van der Waals surface area (Å²) in [4.78, 5) is 29.8. The quantitative estimate of drug-likeness (QED) is 0.852. The molecule has 1 fully saturated rings. The molecular formula is C20H24N4O2. The van der Waals surface area contributed by atoms with Crippen LogP contribution in [0.4, 0.5) is 5.69 Å². The Hall–Kier alpha value is -2.63. The number of anilines is 1. The van der Waals surface area contributed by atoms with Gasteiger partial charge in [-0.3, -0.25) is 14.3 Å². The lowest BCUT2D eigenvalue weighted by molar-refractivity contribution is -0.142. The summed E-state index contributed by atoms with van der Waals surface area (Å²) in [6, 6.07) is 9.77. The number of likely N-dealkylation sites (tertiary alicyclic amines) is 1. The fourth-order valence-corrected chi connectivity index (χ4v) is 4.39. The topological polar surface area (TPSA) is 58.4 Å². The number of piperidine rings is 1. The van der Waals surface area contributed by atoms with Crippen LogP contribution in [-0.4, -0.2) is 39.6 Å². The second-order valence-corrected chi connectivity index (χ2v) is 7.02. The van der Waals surface area contributed by atoms with Crippen molar-refractivity contribution >= 4 is 17.5 Å². The van der Waals surface area contributed by atoms with E-state index < -0.39 is 0 Å². The second kappa shape index (κ2) is 6.59. The molecule has 2 aromatic rings. The highest BCUT2D eigenvalue weighted by Gasteiger charge is 2.43. The van der Waals surface area contributed by atoms with E-state index in [1.165, 1.54) is 5.56 Å². The molecule has 2 amide bonds. The number of nitrogens with zero attached hydrogens (tertiary/aromatic N) is 4. The fourth-order valence-electron chi connectivity index (χ4n) is 4.39.